The number of hydrogen-bond acceptors (Lipinski definition) is 2. The molecule has 1 fully saturated rings. The van der Waals surface area contributed by atoms with Gasteiger partial charge in [0.15, 0.2) is 0 Å². The molecule has 0 aromatic heterocycles. The van der Waals surface area contributed by atoms with Gasteiger partial charge in [0.05, 0.1) is 11.7 Å². The first-order valence-corrected chi connectivity index (χ1v) is 6.34. The molecule has 0 amide bonds. The van der Waals surface area contributed by atoms with E-state index in [4.69, 9.17) is 0 Å². The van der Waals surface area contributed by atoms with Gasteiger partial charge in [-0.25, -0.2) is 0 Å². The highest BCUT2D eigenvalue weighted by Gasteiger charge is 2.49. The fourth-order valence-corrected chi connectivity index (χ4v) is 3.49. The molecule has 0 spiro atoms. The lowest BCUT2D eigenvalue weighted by molar-refractivity contribution is -0.0777. The number of aliphatic hydroxyl groups excluding tert-OH is 1. The van der Waals surface area contributed by atoms with Crippen molar-refractivity contribution < 1.29 is 10.2 Å². The monoisotopic (exact) mass is 230 g/mol. The Bertz CT molecular complexity index is 426. The van der Waals surface area contributed by atoms with Gasteiger partial charge in [0, 0.05) is 5.92 Å². The molecule has 2 aliphatic rings. The van der Waals surface area contributed by atoms with Crippen LogP contribution in [0, 0.1) is 11.8 Å². The van der Waals surface area contributed by atoms with Crippen molar-refractivity contribution in [2.24, 2.45) is 11.8 Å². The second-order valence-electron chi connectivity index (χ2n) is 5.26. The summed E-state index contributed by atoms with van der Waals surface area (Å²) in [4.78, 5) is 0. The van der Waals surface area contributed by atoms with Crippen molar-refractivity contribution in [1.29, 1.82) is 0 Å². The zero-order valence-electron chi connectivity index (χ0n) is 9.79. The van der Waals surface area contributed by atoms with Crippen LogP contribution in [0.5, 0.6) is 0 Å². The third-order valence-corrected chi connectivity index (χ3v) is 4.31. The van der Waals surface area contributed by atoms with Gasteiger partial charge in [0.2, 0.25) is 0 Å². The molecule has 17 heavy (non-hydrogen) atoms. The number of benzene rings is 1. The van der Waals surface area contributed by atoms with Crippen LogP contribution in [-0.4, -0.2) is 16.3 Å². The number of aliphatic hydroxyl groups is 2. The van der Waals surface area contributed by atoms with E-state index in [0.717, 1.165) is 18.4 Å². The van der Waals surface area contributed by atoms with Crippen molar-refractivity contribution in [1.82, 2.24) is 0 Å². The van der Waals surface area contributed by atoms with Crippen molar-refractivity contribution >= 4 is 0 Å². The van der Waals surface area contributed by atoms with Crippen LogP contribution in [0.3, 0.4) is 0 Å². The van der Waals surface area contributed by atoms with Crippen LogP contribution in [0.1, 0.15) is 24.8 Å². The highest BCUT2D eigenvalue weighted by atomic mass is 16.3. The van der Waals surface area contributed by atoms with Crippen LogP contribution in [0.4, 0.5) is 0 Å². The topological polar surface area (TPSA) is 40.5 Å². The van der Waals surface area contributed by atoms with Crippen LogP contribution in [0.15, 0.2) is 42.5 Å². The Morgan fingerprint density at radius 2 is 1.88 bits per heavy atom. The molecule has 1 aromatic carbocycles. The van der Waals surface area contributed by atoms with Crippen LogP contribution in [0.2, 0.25) is 0 Å². The molecule has 2 aliphatic carbocycles. The number of fused-ring (bicyclic) bond motifs is 1. The summed E-state index contributed by atoms with van der Waals surface area (Å²) in [7, 11) is 0. The third kappa shape index (κ3) is 1.63. The van der Waals surface area contributed by atoms with E-state index in [9.17, 15) is 10.2 Å². The number of hydrogen-bond donors (Lipinski definition) is 2. The molecule has 3 rings (SSSR count). The molecule has 0 heterocycles. The highest BCUT2D eigenvalue weighted by Crippen LogP contribution is 2.49. The van der Waals surface area contributed by atoms with Gasteiger partial charge >= 0.3 is 0 Å². The van der Waals surface area contributed by atoms with Crippen molar-refractivity contribution in [2.45, 2.75) is 31.0 Å². The predicted molar refractivity (Wildman–Crippen MR) is 66.3 cm³/mol. The Kier molecular flexibility index (Phi) is 2.57. The molecule has 1 aromatic rings. The Balaban J connectivity index is 2.04. The summed E-state index contributed by atoms with van der Waals surface area (Å²) in [6.07, 6.45) is 6.24. The van der Waals surface area contributed by atoms with Crippen molar-refractivity contribution in [3.8, 4) is 0 Å². The average molecular weight is 230 g/mol. The van der Waals surface area contributed by atoms with Gasteiger partial charge in [-0.15, -0.1) is 0 Å². The molecule has 0 saturated heterocycles. The van der Waals surface area contributed by atoms with Crippen molar-refractivity contribution in [3.05, 3.63) is 48.0 Å². The van der Waals surface area contributed by atoms with Gasteiger partial charge < -0.3 is 10.2 Å². The lowest BCUT2D eigenvalue weighted by atomic mass is 9.70. The molecule has 2 N–H and O–H groups in total. The summed E-state index contributed by atoms with van der Waals surface area (Å²) < 4.78 is 0. The first-order valence-electron chi connectivity index (χ1n) is 6.34. The molecule has 90 valence electrons. The Labute approximate surface area is 102 Å². The minimum Gasteiger partial charge on any atom is -0.393 e. The van der Waals surface area contributed by atoms with Gasteiger partial charge in [-0.3, -0.25) is 0 Å². The van der Waals surface area contributed by atoms with Gasteiger partial charge in [-0.2, -0.15) is 0 Å². The summed E-state index contributed by atoms with van der Waals surface area (Å²) in [5, 5.41) is 21.1. The van der Waals surface area contributed by atoms with Crippen LogP contribution < -0.4 is 0 Å². The van der Waals surface area contributed by atoms with E-state index in [1.54, 1.807) is 0 Å². The standard InChI is InChI=1S/C15H18O2/c16-13-9-8-11-5-4-10-15(17,14(11)13)12-6-2-1-3-7-12/h1-7,11,13-14,16-17H,8-10H2/t11-,13-,14+,15-/m1/s1. The van der Waals surface area contributed by atoms with Gasteiger partial charge in [-0.1, -0.05) is 42.5 Å². The molecule has 0 aliphatic heterocycles. The predicted octanol–water partition coefficient (Wildman–Crippen LogP) is 2.22. The van der Waals surface area contributed by atoms with E-state index in [2.05, 4.69) is 12.2 Å². The van der Waals surface area contributed by atoms with Gasteiger partial charge in [0.1, 0.15) is 0 Å². The SMILES string of the molecule is O[C@@H]1CC[C@H]2C=CC[C@@](O)(c3ccccc3)[C@H]12. The fourth-order valence-electron chi connectivity index (χ4n) is 3.49. The summed E-state index contributed by atoms with van der Waals surface area (Å²) in [6.45, 7) is 0. The van der Waals surface area contributed by atoms with Crippen LogP contribution >= 0.6 is 0 Å². The zero-order valence-corrected chi connectivity index (χ0v) is 9.79. The third-order valence-electron chi connectivity index (χ3n) is 4.31. The molecular weight excluding hydrogens is 212 g/mol. The number of allylic oxidation sites excluding steroid dienone is 1. The normalized spacial score (nSPS) is 40.2. The molecule has 1 saturated carbocycles. The quantitative estimate of drug-likeness (QED) is 0.726. The van der Waals surface area contributed by atoms with Crippen LogP contribution in [-0.2, 0) is 5.60 Å². The van der Waals surface area contributed by atoms with E-state index in [0.29, 0.717) is 12.3 Å². The first kappa shape index (κ1) is 11.0. The maximum absolute atomic E-state index is 11.0. The summed E-state index contributed by atoms with van der Waals surface area (Å²) >= 11 is 0. The summed E-state index contributed by atoms with van der Waals surface area (Å²) in [5.74, 6) is 0.277. The minimum absolute atomic E-state index is 0.0464. The maximum Gasteiger partial charge on any atom is 0.0989 e. The smallest absolute Gasteiger partial charge is 0.0989 e. The van der Waals surface area contributed by atoms with E-state index < -0.39 is 5.60 Å². The first-order chi connectivity index (χ1) is 8.22. The van der Waals surface area contributed by atoms with E-state index >= 15 is 0 Å². The summed E-state index contributed by atoms with van der Waals surface area (Å²) in [6, 6.07) is 9.76. The van der Waals surface area contributed by atoms with Gasteiger partial charge in [0.25, 0.3) is 0 Å². The molecule has 2 heteroatoms. The summed E-state index contributed by atoms with van der Waals surface area (Å²) in [5.41, 5.74) is 0.0386. The van der Waals surface area contributed by atoms with Crippen LogP contribution in [0.25, 0.3) is 0 Å². The fraction of sp³-hybridized carbons (Fsp3) is 0.467. The lowest BCUT2D eigenvalue weighted by Crippen LogP contribution is -2.43. The average Bonchev–Trinajstić information content (AvgIpc) is 2.74. The Morgan fingerprint density at radius 3 is 2.65 bits per heavy atom. The molecular formula is C15H18O2. The molecule has 0 unspecified atom stereocenters. The maximum atomic E-state index is 11.0. The van der Waals surface area contributed by atoms with E-state index in [1.165, 1.54) is 0 Å². The highest BCUT2D eigenvalue weighted by molar-refractivity contribution is 5.28. The van der Waals surface area contributed by atoms with Crippen molar-refractivity contribution in [3.63, 3.8) is 0 Å². The Morgan fingerprint density at radius 1 is 1.12 bits per heavy atom. The Hall–Kier alpha value is -1.12. The van der Waals surface area contributed by atoms with E-state index in [1.807, 2.05) is 30.3 Å². The second kappa shape index (κ2) is 3.97. The zero-order chi connectivity index (χ0) is 11.9. The molecule has 0 bridgehead atoms. The number of rotatable bonds is 1. The molecule has 4 atom stereocenters. The molecule has 0 radical (unpaired) electrons. The lowest BCUT2D eigenvalue weighted by Gasteiger charge is -2.40. The molecule has 2 nitrogen and oxygen atoms in total. The van der Waals surface area contributed by atoms with Gasteiger partial charge in [-0.05, 0) is 30.7 Å². The second-order valence-corrected chi connectivity index (χ2v) is 5.26. The minimum atomic E-state index is -0.892. The van der Waals surface area contributed by atoms with Crippen molar-refractivity contribution in [2.75, 3.05) is 0 Å². The van der Waals surface area contributed by atoms with E-state index in [-0.39, 0.29) is 12.0 Å². The largest absolute Gasteiger partial charge is 0.393 e.